The Labute approximate surface area is 147 Å². The highest BCUT2D eigenvalue weighted by molar-refractivity contribution is 5.99. The molecule has 1 N–H and O–H groups in total. The molecule has 0 spiro atoms. The zero-order valence-corrected chi connectivity index (χ0v) is 14.6. The fourth-order valence-corrected chi connectivity index (χ4v) is 3.57. The molecular weight excluding hydrogens is 312 g/mol. The molecule has 0 saturated heterocycles. The van der Waals surface area contributed by atoms with Crippen molar-refractivity contribution in [1.82, 2.24) is 19.9 Å². The molecule has 1 aliphatic carbocycles. The van der Waals surface area contributed by atoms with E-state index in [0.29, 0.717) is 23.7 Å². The number of aromatic nitrogens is 3. The van der Waals surface area contributed by atoms with Crippen LogP contribution in [0.5, 0.6) is 0 Å². The topological polar surface area (TPSA) is 59.3 Å². The van der Waals surface area contributed by atoms with E-state index in [9.17, 15) is 4.79 Å². The molecule has 4 rings (SSSR count). The fourth-order valence-electron chi connectivity index (χ4n) is 3.57. The molecular formula is C20H22N4O. The number of hydrogen-bond donors (Lipinski definition) is 1. The maximum Gasteiger partial charge on any atom is 0.257 e. The van der Waals surface area contributed by atoms with E-state index >= 15 is 0 Å². The third-order valence-electron chi connectivity index (χ3n) is 4.94. The summed E-state index contributed by atoms with van der Waals surface area (Å²) < 4.78 is 1.85. The van der Waals surface area contributed by atoms with E-state index in [-0.39, 0.29) is 5.91 Å². The number of fused-ring (bicyclic) bond motifs is 3. The van der Waals surface area contributed by atoms with Gasteiger partial charge in [0.25, 0.3) is 5.91 Å². The largest absolute Gasteiger partial charge is 0.348 e. The molecule has 0 radical (unpaired) electrons. The predicted molar refractivity (Wildman–Crippen MR) is 96.5 cm³/mol. The Morgan fingerprint density at radius 1 is 1.36 bits per heavy atom. The Balaban J connectivity index is 1.58. The molecule has 0 fully saturated rings. The van der Waals surface area contributed by atoms with E-state index < -0.39 is 0 Å². The first-order valence-corrected chi connectivity index (χ1v) is 8.80. The SMILES string of the molecule is Cc1cccc(CNC(=O)c2cnn3c4c(cnc23)C[C@@H](C)CC4)c1. The maximum atomic E-state index is 12.6. The average molecular weight is 334 g/mol. The lowest BCUT2D eigenvalue weighted by molar-refractivity contribution is 0.0952. The summed E-state index contributed by atoms with van der Waals surface area (Å²) in [7, 11) is 0. The minimum Gasteiger partial charge on any atom is -0.348 e. The molecule has 25 heavy (non-hydrogen) atoms. The molecule has 1 aliphatic rings. The summed E-state index contributed by atoms with van der Waals surface area (Å²) in [5, 5.41) is 7.42. The number of nitrogens with one attached hydrogen (secondary N) is 1. The van der Waals surface area contributed by atoms with Crippen molar-refractivity contribution >= 4 is 11.6 Å². The van der Waals surface area contributed by atoms with E-state index in [1.165, 1.54) is 16.8 Å². The van der Waals surface area contributed by atoms with Crippen molar-refractivity contribution < 1.29 is 4.79 Å². The molecule has 1 aromatic carbocycles. The number of nitrogens with zero attached hydrogens (tertiary/aromatic N) is 3. The number of carbonyl (C=O) groups is 1. The molecule has 1 amide bonds. The number of amides is 1. The van der Waals surface area contributed by atoms with Gasteiger partial charge in [-0.1, -0.05) is 36.8 Å². The van der Waals surface area contributed by atoms with E-state index in [1.807, 2.05) is 35.8 Å². The molecule has 128 valence electrons. The smallest absolute Gasteiger partial charge is 0.257 e. The van der Waals surface area contributed by atoms with Crippen molar-refractivity contribution in [2.45, 2.75) is 39.7 Å². The van der Waals surface area contributed by atoms with Gasteiger partial charge in [0.2, 0.25) is 0 Å². The van der Waals surface area contributed by atoms with Gasteiger partial charge in [-0.2, -0.15) is 5.10 Å². The molecule has 0 aliphatic heterocycles. The van der Waals surface area contributed by atoms with Crippen molar-refractivity contribution in [1.29, 1.82) is 0 Å². The van der Waals surface area contributed by atoms with Crippen LogP contribution < -0.4 is 5.32 Å². The summed E-state index contributed by atoms with van der Waals surface area (Å²) in [6.45, 7) is 4.81. The van der Waals surface area contributed by atoms with Gasteiger partial charge in [0.05, 0.1) is 6.20 Å². The van der Waals surface area contributed by atoms with Gasteiger partial charge in [0, 0.05) is 18.4 Å². The van der Waals surface area contributed by atoms with Gasteiger partial charge < -0.3 is 5.32 Å². The summed E-state index contributed by atoms with van der Waals surface area (Å²) in [5.74, 6) is 0.549. The Kier molecular flexibility index (Phi) is 3.99. The summed E-state index contributed by atoms with van der Waals surface area (Å²) in [6, 6.07) is 8.14. The van der Waals surface area contributed by atoms with Gasteiger partial charge in [0.15, 0.2) is 5.65 Å². The first-order valence-electron chi connectivity index (χ1n) is 8.80. The maximum absolute atomic E-state index is 12.6. The molecule has 0 saturated carbocycles. The number of rotatable bonds is 3. The summed E-state index contributed by atoms with van der Waals surface area (Å²) in [5.41, 5.74) is 5.90. The highest BCUT2D eigenvalue weighted by Gasteiger charge is 2.21. The van der Waals surface area contributed by atoms with Crippen LogP contribution >= 0.6 is 0 Å². The van der Waals surface area contributed by atoms with E-state index in [1.54, 1.807) is 6.20 Å². The van der Waals surface area contributed by atoms with Crippen LogP contribution in [0.2, 0.25) is 0 Å². The minimum absolute atomic E-state index is 0.131. The number of aryl methyl sites for hydroxylation is 2. The quantitative estimate of drug-likeness (QED) is 0.801. The number of carbonyl (C=O) groups excluding carboxylic acids is 1. The van der Waals surface area contributed by atoms with Crippen molar-refractivity contribution in [3.05, 3.63) is 64.6 Å². The minimum atomic E-state index is -0.131. The Morgan fingerprint density at radius 2 is 2.24 bits per heavy atom. The highest BCUT2D eigenvalue weighted by atomic mass is 16.1. The predicted octanol–water partition coefficient (Wildman–Crippen LogP) is 3.09. The standard InChI is InChI=1S/C20H22N4O/c1-13-4-3-5-15(8-13)10-22-20(25)17-12-23-24-18-7-6-14(2)9-16(18)11-21-19(17)24/h3-5,8,11-12,14H,6-7,9-10H2,1-2H3,(H,22,25)/t14-/m0/s1. The average Bonchev–Trinajstić information content (AvgIpc) is 3.04. The lowest BCUT2D eigenvalue weighted by Gasteiger charge is -2.21. The first kappa shape index (κ1) is 15.8. The van der Waals surface area contributed by atoms with Gasteiger partial charge in [-0.25, -0.2) is 9.50 Å². The fraction of sp³-hybridized carbons (Fsp3) is 0.350. The van der Waals surface area contributed by atoms with Crippen LogP contribution in [0.1, 0.15) is 46.1 Å². The van der Waals surface area contributed by atoms with Crippen molar-refractivity contribution in [2.75, 3.05) is 0 Å². The summed E-state index contributed by atoms with van der Waals surface area (Å²) in [4.78, 5) is 17.1. The second kappa shape index (κ2) is 6.31. The normalized spacial score (nSPS) is 16.6. The van der Waals surface area contributed by atoms with Crippen LogP contribution in [0.25, 0.3) is 5.65 Å². The van der Waals surface area contributed by atoms with E-state index in [4.69, 9.17) is 0 Å². The molecule has 3 aromatic rings. The van der Waals surface area contributed by atoms with Gasteiger partial charge >= 0.3 is 0 Å². The van der Waals surface area contributed by atoms with Gasteiger partial charge in [-0.3, -0.25) is 4.79 Å². The Morgan fingerprint density at radius 3 is 3.08 bits per heavy atom. The van der Waals surface area contributed by atoms with Crippen LogP contribution in [-0.4, -0.2) is 20.5 Å². The van der Waals surface area contributed by atoms with Crippen molar-refractivity contribution in [3.63, 3.8) is 0 Å². The molecule has 5 nitrogen and oxygen atoms in total. The van der Waals surface area contributed by atoms with Crippen molar-refractivity contribution in [3.8, 4) is 0 Å². The van der Waals surface area contributed by atoms with E-state index in [2.05, 4.69) is 28.4 Å². The zero-order valence-electron chi connectivity index (χ0n) is 14.6. The van der Waals surface area contributed by atoms with Crippen LogP contribution in [-0.2, 0) is 19.4 Å². The monoisotopic (exact) mass is 334 g/mol. The van der Waals surface area contributed by atoms with Crippen molar-refractivity contribution in [2.24, 2.45) is 5.92 Å². The molecule has 2 aromatic heterocycles. The van der Waals surface area contributed by atoms with Crippen LogP contribution in [0, 0.1) is 12.8 Å². The lowest BCUT2D eigenvalue weighted by atomic mass is 9.89. The van der Waals surface area contributed by atoms with Gasteiger partial charge in [-0.05, 0) is 43.2 Å². The summed E-state index contributed by atoms with van der Waals surface area (Å²) in [6.07, 6.45) is 6.72. The third kappa shape index (κ3) is 3.02. The van der Waals surface area contributed by atoms with Gasteiger partial charge in [-0.15, -0.1) is 0 Å². The van der Waals surface area contributed by atoms with E-state index in [0.717, 1.165) is 24.8 Å². The van der Waals surface area contributed by atoms with Crippen LogP contribution in [0.15, 0.2) is 36.7 Å². The second-order valence-electron chi connectivity index (χ2n) is 7.04. The highest BCUT2D eigenvalue weighted by Crippen LogP contribution is 2.25. The van der Waals surface area contributed by atoms with Crippen LogP contribution in [0.4, 0.5) is 0 Å². The van der Waals surface area contributed by atoms with Gasteiger partial charge in [0.1, 0.15) is 5.56 Å². The third-order valence-corrected chi connectivity index (χ3v) is 4.94. The number of hydrogen-bond acceptors (Lipinski definition) is 3. The first-order chi connectivity index (χ1) is 12.1. The summed E-state index contributed by atoms with van der Waals surface area (Å²) >= 11 is 0. The molecule has 2 heterocycles. The Bertz CT molecular complexity index is 944. The molecule has 0 unspecified atom stereocenters. The lowest BCUT2D eigenvalue weighted by Crippen LogP contribution is -2.23. The second-order valence-corrected chi connectivity index (χ2v) is 7.04. The molecule has 0 bridgehead atoms. The Hall–Kier alpha value is -2.69. The number of benzene rings is 1. The van der Waals surface area contributed by atoms with Crippen LogP contribution in [0.3, 0.4) is 0 Å². The zero-order chi connectivity index (χ0) is 17.4. The molecule has 1 atom stereocenters. The molecule has 5 heteroatoms.